The monoisotopic (exact) mass is 765 g/mol. The number of phosphoric ester groups is 1. The third-order valence-electron chi connectivity index (χ3n) is 8.73. The molecule has 9 heteroatoms. The molecule has 0 spiro atoms. The van der Waals surface area contributed by atoms with Gasteiger partial charge in [0.2, 0.25) is 0 Å². The summed E-state index contributed by atoms with van der Waals surface area (Å²) in [5.41, 5.74) is 0. The molecule has 0 saturated heterocycles. The summed E-state index contributed by atoms with van der Waals surface area (Å²) in [5.74, 6) is -0.838. The van der Waals surface area contributed by atoms with Crippen molar-refractivity contribution in [3.05, 3.63) is 60.8 Å². The van der Waals surface area contributed by atoms with Crippen molar-refractivity contribution in [3.8, 4) is 0 Å². The predicted octanol–water partition coefficient (Wildman–Crippen LogP) is 13.2. The molecule has 53 heavy (non-hydrogen) atoms. The van der Waals surface area contributed by atoms with E-state index in [0.717, 1.165) is 103 Å². The topological polar surface area (TPSA) is 108 Å². The van der Waals surface area contributed by atoms with Crippen LogP contribution in [0.2, 0.25) is 0 Å². The standard InChI is InChI=1S/C44H77O8P/c1-4-6-8-10-12-14-16-18-20-21-22-23-25-27-29-31-33-35-37-39-44(46)52-42(41-51-53(47,48)49-3)40-50-43(45)38-36-34-32-30-28-26-24-19-17-15-13-11-9-7-5-2/h12-15,18-20,22-24,42H,4-11,16-17,21,25-41H2,1-3H3,(H,47,48)/b14-12-,15-13-,20-18-,23-22-,24-19-. The van der Waals surface area contributed by atoms with Gasteiger partial charge in [-0.15, -0.1) is 0 Å². The summed E-state index contributed by atoms with van der Waals surface area (Å²) >= 11 is 0. The second-order valence-corrected chi connectivity index (χ2v) is 15.3. The first-order valence-electron chi connectivity index (χ1n) is 21.0. The van der Waals surface area contributed by atoms with Crippen molar-refractivity contribution in [2.75, 3.05) is 20.3 Å². The summed E-state index contributed by atoms with van der Waals surface area (Å²) in [6, 6.07) is 0. The number of allylic oxidation sites excluding steroid dienone is 10. The van der Waals surface area contributed by atoms with Crippen molar-refractivity contribution in [2.45, 2.75) is 187 Å². The van der Waals surface area contributed by atoms with E-state index < -0.39 is 26.5 Å². The summed E-state index contributed by atoms with van der Waals surface area (Å²) in [4.78, 5) is 34.4. The molecule has 0 aliphatic carbocycles. The highest BCUT2D eigenvalue weighted by molar-refractivity contribution is 7.47. The van der Waals surface area contributed by atoms with Crippen molar-refractivity contribution in [1.29, 1.82) is 0 Å². The molecular weight excluding hydrogens is 687 g/mol. The molecule has 0 amide bonds. The molecule has 0 aliphatic rings. The Morgan fingerprint density at radius 1 is 0.528 bits per heavy atom. The Kier molecular flexibility index (Phi) is 37.8. The molecule has 1 N–H and O–H groups in total. The van der Waals surface area contributed by atoms with Crippen LogP contribution in [0.15, 0.2) is 60.8 Å². The molecule has 0 aliphatic heterocycles. The Balaban J connectivity index is 4.07. The average Bonchev–Trinajstić information content (AvgIpc) is 3.15. The van der Waals surface area contributed by atoms with Crippen LogP contribution in [-0.2, 0) is 32.7 Å². The van der Waals surface area contributed by atoms with Crippen molar-refractivity contribution < 1.29 is 37.6 Å². The molecule has 0 heterocycles. The number of phosphoric acid groups is 1. The zero-order valence-electron chi connectivity index (χ0n) is 33.9. The number of unbranched alkanes of at least 4 members (excludes halogenated alkanes) is 17. The lowest BCUT2D eigenvalue weighted by Gasteiger charge is -2.19. The molecule has 2 unspecified atom stereocenters. The molecule has 0 fully saturated rings. The molecule has 2 atom stereocenters. The van der Waals surface area contributed by atoms with Crippen LogP contribution in [0.25, 0.3) is 0 Å². The molecule has 0 bridgehead atoms. The summed E-state index contributed by atoms with van der Waals surface area (Å²) in [7, 11) is -3.22. The van der Waals surface area contributed by atoms with Gasteiger partial charge in [0, 0.05) is 20.0 Å². The highest BCUT2D eigenvalue weighted by Gasteiger charge is 2.24. The predicted molar refractivity (Wildman–Crippen MR) is 221 cm³/mol. The van der Waals surface area contributed by atoms with E-state index in [2.05, 4.69) is 79.1 Å². The minimum Gasteiger partial charge on any atom is -0.462 e. The van der Waals surface area contributed by atoms with Gasteiger partial charge in [0.1, 0.15) is 6.61 Å². The summed E-state index contributed by atoms with van der Waals surface area (Å²) < 4.78 is 31.9. The van der Waals surface area contributed by atoms with E-state index in [0.29, 0.717) is 6.42 Å². The van der Waals surface area contributed by atoms with Crippen molar-refractivity contribution >= 4 is 19.8 Å². The van der Waals surface area contributed by atoms with Crippen LogP contribution in [0, 0.1) is 0 Å². The first-order chi connectivity index (χ1) is 25.8. The zero-order chi connectivity index (χ0) is 38.9. The number of hydrogen-bond acceptors (Lipinski definition) is 7. The van der Waals surface area contributed by atoms with Crippen LogP contribution in [0.1, 0.15) is 181 Å². The number of esters is 2. The van der Waals surface area contributed by atoms with Crippen LogP contribution in [0.5, 0.6) is 0 Å². The van der Waals surface area contributed by atoms with Gasteiger partial charge in [0.15, 0.2) is 6.10 Å². The van der Waals surface area contributed by atoms with E-state index in [9.17, 15) is 19.0 Å². The number of hydrogen-bond donors (Lipinski definition) is 1. The molecule has 0 aromatic carbocycles. The largest absolute Gasteiger partial charge is 0.472 e. The Bertz CT molecular complexity index is 1050. The smallest absolute Gasteiger partial charge is 0.462 e. The fraction of sp³-hybridized carbons (Fsp3) is 0.727. The minimum absolute atomic E-state index is 0.225. The number of carbonyl (C=O) groups is 2. The van der Waals surface area contributed by atoms with Gasteiger partial charge in [-0.25, -0.2) is 4.57 Å². The first kappa shape index (κ1) is 50.8. The van der Waals surface area contributed by atoms with Gasteiger partial charge in [-0.3, -0.25) is 18.6 Å². The van der Waals surface area contributed by atoms with Crippen LogP contribution in [0.3, 0.4) is 0 Å². The van der Waals surface area contributed by atoms with E-state index in [1.54, 1.807) is 0 Å². The minimum atomic E-state index is -4.27. The zero-order valence-corrected chi connectivity index (χ0v) is 34.8. The Morgan fingerprint density at radius 3 is 1.34 bits per heavy atom. The van der Waals surface area contributed by atoms with Gasteiger partial charge in [-0.05, 0) is 83.5 Å². The molecule has 0 aromatic rings. The number of carbonyl (C=O) groups excluding carboxylic acids is 2. The lowest BCUT2D eigenvalue weighted by Crippen LogP contribution is -2.29. The van der Waals surface area contributed by atoms with E-state index in [4.69, 9.17) is 14.0 Å². The van der Waals surface area contributed by atoms with E-state index in [-0.39, 0.29) is 25.4 Å². The average molecular weight is 765 g/mol. The van der Waals surface area contributed by atoms with Crippen LogP contribution in [-0.4, -0.2) is 43.3 Å². The van der Waals surface area contributed by atoms with Crippen molar-refractivity contribution in [3.63, 3.8) is 0 Å². The second-order valence-electron chi connectivity index (χ2n) is 13.8. The summed E-state index contributed by atoms with van der Waals surface area (Å²) in [5, 5.41) is 0. The highest BCUT2D eigenvalue weighted by atomic mass is 31.2. The molecular formula is C44H77O8P. The maximum atomic E-state index is 12.5. The van der Waals surface area contributed by atoms with Crippen LogP contribution in [0.4, 0.5) is 0 Å². The molecule has 0 radical (unpaired) electrons. The van der Waals surface area contributed by atoms with Crippen molar-refractivity contribution in [1.82, 2.24) is 0 Å². The lowest BCUT2D eigenvalue weighted by molar-refractivity contribution is -0.161. The number of rotatable bonds is 38. The van der Waals surface area contributed by atoms with E-state index in [1.165, 1.54) is 51.4 Å². The van der Waals surface area contributed by atoms with Gasteiger partial charge >= 0.3 is 19.8 Å². The van der Waals surface area contributed by atoms with Crippen LogP contribution >= 0.6 is 7.82 Å². The normalized spacial score (nSPS) is 14.0. The molecule has 0 saturated carbocycles. The fourth-order valence-corrected chi connectivity index (χ4v) is 5.92. The van der Waals surface area contributed by atoms with Gasteiger partial charge in [-0.1, -0.05) is 145 Å². The SMILES string of the molecule is CCCCC/C=C\C/C=C\C/C=C\CCCCCCCCC(=O)OC(COC(=O)CCCCCCC/C=C\C/C=C\CCCCC)COP(=O)(O)OC. The summed E-state index contributed by atoms with van der Waals surface area (Å²) in [6.45, 7) is 3.80. The van der Waals surface area contributed by atoms with Gasteiger partial charge < -0.3 is 14.4 Å². The molecule has 0 aromatic heterocycles. The Labute approximate surface area is 324 Å². The quantitative estimate of drug-likeness (QED) is 0.0286. The van der Waals surface area contributed by atoms with E-state index in [1.807, 2.05) is 0 Å². The third kappa shape index (κ3) is 39.3. The van der Waals surface area contributed by atoms with Gasteiger partial charge in [0.05, 0.1) is 6.61 Å². The van der Waals surface area contributed by atoms with E-state index >= 15 is 0 Å². The Morgan fingerprint density at radius 2 is 0.906 bits per heavy atom. The second kappa shape index (κ2) is 39.4. The fourth-order valence-electron chi connectivity index (χ4n) is 5.46. The molecule has 306 valence electrons. The lowest BCUT2D eigenvalue weighted by atomic mass is 10.1. The summed E-state index contributed by atoms with van der Waals surface area (Å²) in [6.07, 6.45) is 48.3. The van der Waals surface area contributed by atoms with Crippen LogP contribution < -0.4 is 0 Å². The Hall–Kier alpha value is -2.25. The third-order valence-corrected chi connectivity index (χ3v) is 9.67. The van der Waals surface area contributed by atoms with Crippen molar-refractivity contribution in [2.24, 2.45) is 0 Å². The molecule has 0 rings (SSSR count). The molecule has 8 nitrogen and oxygen atoms in total. The van der Waals surface area contributed by atoms with Gasteiger partial charge in [0.25, 0.3) is 0 Å². The maximum absolute atomic E-state index is 12.5. The highest BCUT2D eigenvalue weighted by Crippen LogP contribution is 2.42. The first-order valence-corrected chi connectivity index (χ1v) is 22.5. The maximum Gasteiger partial charge on any atom is 0.472 e. The van der Waals surface area contributed by atoms with Gasteiger partial charge in [-0.2, -0.15) is 0 Å². The number of ether oxygens (including phenoxy) is 2.